The molecular formula is C17H22FN3O2. The van der Waals surface area contributed by atoms with Gasteiger partial charge in [-0.05, 0) is 37.1 Å². The SMILES string of the molecule is CCC(CC)(CN)NC(=O)Cc1coc(-c2ccc(F)cc2)n1. The van der Waals surface area contributed by atoms with Crippen molar-refractivity contribution in [2.24, 2.45) is 5.73 Å². The Morgan fingerprint density at radius 2 is 1.96 bits per heavy atom. The number of benzene rings is 1. The summed E-state index contributed by atoms with van der Waals surface area (Å²) in [7, 11) is 0. The normalized spacial score (nSPS) is 11.5. The van der Waals surface area contributed by atoms with Crippen LogP contribution in [0.4, 0.5) is 4.39 Å². The molecule has 0 aliphatic rings. The largest absolute Gasteiger partial charge is 0.444 e. The van der Waals surface area contributed by atoms with E-state index < -0.39 is 0 Å². The minimum atomic E-state index is -0.374. The molecule has 0 spiro atoms. The molecule has 0 aliphatic carbocycles. The molecule has 0 atom stereocenters. The lowest BCUT2D eigenvalue weighted by molar-refractivity contribution is -0.122. The van der Waals surface area contributed by atoms with Gasteiger partial charge in [-0.2, -0.15) is 0 Å². The van der Waals surface area contributed by atoms with Crippen molar-refractivity contribution in [2.45, 2.75) is 38.6 Å². The molecule has 2 rings (SSSR count). The summed E-state index contributed by atoms with van der Waals surface area (Å²) in [5, 5.41) is 2.99. The van der Waals surface area contributed by atoms with Gasteiger partial charge in [-0.3, -0.25) is 4.79 Å². The Labute approximate surface area is 135 Å². The fraction of sp³-hybridized carbons (Fsp3) is 0.412. The monoisotopic (exact) mass is 319 g/mol. The van der Waals surface area contributed by atoms with Gasteiger partial charge in [0.05, 0.1) is 17.7 Å². The second kappa shape index (κ2) is 7.37. The summed E-state index contributed by atoms with van der Waals surface area (Å²) in [4.78, 5) is 16.5. The van der Waals surface area contributed by atoms with Crippen LogP contribution in [0.2, 0.25) is 0 Å². The molecule has 0 saturated carbocycles. The van der Waals surface area contributed by atoms with Crippen molar-refractivity contribution in [3.63, 3.8) is 0 Å². The number of nitrogens with two attached hydrogens (primary N) is 1. The van der Waals surface area contributed by atoms with Gasteiger partial charge in [0, 0.05) is 12.1 Å². The maximum absolute atomic E-state index is 12.9. The first-order chi connectivity index (χ1) is 11.0. The van der Waals surface area contributed by atoms with E-state index in [9.17, 15) is 9.18 Å². The number of carbonyl (C=O) groups excluding carboxylic acids is 1. The molecule has 3 N–H and O–H groups in total. The molecule has 2 aromatic rings. The van der Waals surface area contributed by atoms with Crippen molar-refractivity contribution < 1.29 is 13.6 Å². The standard InChI is InChI=1S/C17H22FN3O2/c1-3-17(4-2,11-19)21-15(22)9-14-10-23-16(20-14)12-5-7-13(18)8-6-12/h5-8,10H,3-4,9,11,19H2,1-2H3,(H,21,22). The van der Waals surface area contributed by atoms with E-state index in [4.69, 9.17) is 10.2 Å². The average molecular weight is 319 g/mol. The molecule has 6 heteroatoms. The van der Waals surface area contributed by atoms with Gasteiger partial charge < -0.3 is 15.5 Å². The van der Waals surface area contributed by atoms with Gasteiger partial charge >= 0.3 is 0 Å². The van der Waals surface area contributed by atoms with Gasteiger partial charge in [0.15, 0.2) is 0 Å². The maximum Gasteiger partial charge on any atom is 0.226 e. The van der Waals surface area contributed by atoms with E-state index in [2.05, 4.69) is 10.3 Å². The van der Waals surface area contributed by atoms with Crippen LogP contribution in [0.25, 0.3) is 11.5 Å². The van der Waals surface area contributed by atoms with Gasteiger partial charge in [-0.1, -0.05) is 13.8 Å². The van der Waals surface area contributed by atoms with Crippen LogP contribution in [0.3, 0.4) is 0 Å². The predicted molar refractivity (Wildman–Crippen MR) is 86.1 cm³/mol. The fourth-order valence-corrected chi connectivity index (χ4v) is 2.38. The van der Waals surface area contributed by atoms with Crippen LogP contribution >= 0.6 is 0 Å². The van der Waals surface area contributed by atoms with Crippen LogP contribution < -0.4 is 11.1 Å². The zero-order chi connectivity index (χ0) is 16.9. The number of rotatable bonds is 7. The number of oxazole rings is 1. The number of nitrogens with one attached hydrogen (secondary N) is 1. The Hall–Kier alpha value is -2.21. The molecule has 23 heavy (non-hydrogen) atoms. The van der Waals surface area contributed by atoms with E-state index in [-0.39, 0.29) is 23.7 Å². The first kappa shape index (κ1) is 17.1. The van der Waals surface area contributed by atoms with Gasteiger partial charge in [-0.15, -0.1) is 0 Å². The third kappa shape index (κ3) is 4.16. The Balaban J connectivity index is 2.04. The van der Waals surface area contributed by atoms with Crippen LogP contribution in [-0.2, 0) is 11.2 Å². The van der Waals surface area contributed by atoms with E-state index in [0.717, 1.165) is 12.8 Å². The van der Waals surface area contributed by atoms with Crippen LogP contribution in [0.1, 0.15) is 32.4 Å². The van der Waals surface area contributed by atoms with E-state index >= 15 is 0 Å². The molecule has 1 amide bonds. The lowest BCUT2D eigenvalue weighted by Gasteiger charge is -2.31. The summed E-state index contributed by atoms with van der Waals surface area (Å²) >= 11 is 0. The number of aromatic nitrogens is 1. The topological polar surface area (TPSA) is 81.1 Å². The fourth-order valence-electron chi connectivity index (χ4n) is 2.38. The molecule has 1 aromatic heterocycles. The third-order valence-electron chi connectivity index (χ3n) is 4.13. The van der Waals surface area contributed by atoms with E-state index in [0.29, 0.717) is 23.7 Å². The summed E-state index contributed by atoms with van der Waals surface area (Å²) in [5.41, 5.74) is 6.60. The number of hydrogen-bond donors (Lipinski definition) is 2. The summed E-state index contributed by atoms with van der Waals surface area (Å²) in [5.74, 6) is -0.0980. The summed E-state index contributed by atoms with van der Waals surface area (Å²) < 4.78 is 18.3. The van der Waals surface area contributed by atoms with Crippen molar-refractivity contribution in [2.75, 3.05) is 6.54 Å². The average Bonchev–Trinajstić information content (AvgIpc) is 3.02. The molecule has 0 aliphatic heterocycles. The van der Waals surface area contributed by atoms with Crippen LogP contribution in [0.5, 0.6) is 0 Å². The van der Waals surface area contributed by atoms with E-state index in [1.165, 1.54) is 18.4 Å². The smallest absolute Gasteiger partial charge is 0.226 e. The minimum Gasteiger partial charge on any atom is -0.444 e. The lowest BCUT2D eigenvalue weighted by Crippen LogP contribution is -2.53. The zero-order valence-electron chi connectivity index (χ0n) is 13.4. The van der Waals surface area contributed by atoms with Gasteiger partial charge in [0.1, 0.15) is 12.1 Å². The highest BCUT2D eigenvalue weighted by Gasteiger charge is 2.26. The summed E-state index contributed by atoms with van der Waals surface area (Å²) in [6.07, 6.45) is 3.10. The highest BCUT2D eigenvalue weighted by atomic mass is 19.1. The first-order valence-corrected chi connectivity index (χ1v) is 7.73. The Kier molecular flexibility index (Phi) is 5.50. The van der Waals surface area contributed by atoms with Crippen molar-refractivity contribution in [1.29, 1.82) is 0 Å². The highest BCUT2D eigenvalue weighted by Crippen LogP contribution is 2.19. The number of nitrogens with zero attached hydrogens (tertiary/aromatic N) is 1. The van der Waals surface area contributed by atoms with Crippen molar-refractivity contribution >= 4 is 5.91 Å². The number of hydrogen-bond acceptors (Lipinski definition) is 4. The Bertz CT molecular complexity index is 640. The molecule has 124 valence electrons. The molecular weight excluding hydrogens is 297 g/mol. The second-order valence-corrected chi connectivity index (χ2v) is 5.57. The quantitative estimate of drug-likeness (QED) is 0.822. The Morgan fingerprint density at radius 3 is 2.52 bits per heavy atom. The highest BCUT2D eigenvalue weighted by molar-refractivity contribution is 5.79. The van der Waals surface area contributed by atoms with Crippen molar-refractivity contribution in [1.82, 2.24) is 10.3 Å². The second-order valence-electron chi connectivity index (χ2n) is 5.57. The minimum absolute atomic E-state index is 0.118. The van der Waals surface area contributed by atoms with Crippen LogP contribution in [0.15, 0.2) is 34.9 Å². The molecule has 0 fully saturated rings. The molecule has 0 saturated heterocycles. The van der Waals surface area contributed by atoms with Crippen LogP contribution in [-0.4, -0.2) is 23.0 Å². The zero-order valence-corrected chi connectivity index (χ0v) is 13.4. The first-order valence-electron chi connectivity index (χ1n) is 7.73. The van der Waals surface area contributed by atoms with E-state index in [1.807, 2.05) is 13.8 Å². The van der Waals surface area contributed by atoms with Crippen molar-refractivity contribution in [3.05, 3.63) is 42.0 Å². The summed E-state index contributed by atoms with van der Waals surface area (Å²) in [6, 6.07) is 5.84. The van der Waals surface area contributed by atoms with Gasteiger partial charge in [0.25, 0.3) is 0 Å². The lowest BCUT2D eigenvalue weighted by atomic mass is 9.92. The molecule has 0 unspecified atom stereocenters. The Morgan fingerprint density at radius 1 is 1.30 bits per heavy atom. The van der Waals surface area contributed by atoms with Crippen LogP contribution in [0, 0.1) is 5.82 Å². The van der Waals surface area contributed by atoms with E-state index in [1.54, 1.807) is 12.1 Å². The number of halogens is 1. The van der Waals surface area contributed by atoms with Crippen molar-refractivity contribution in [3.8, 4) is 11.5 Å². The van der Waals surface area contributed by atoms with Gasteiger partial charge in [0.2, 0.25) is 11.8 Å². The molecule has 5 nitrogen and oxygen atoms in total. The third-order valence-corrected chi connectivity index (χ3v) is 4.13. The molecule has 1 heterocycles. The van der Waals surface area contributed by atoms with Gasteiger partial charge in [-0.25, -0.2) is 9.37 Å². The summed E-state index contributed by atoms with van der Waals surface area (Å²) in [6.45, 7) is 4.39. The maximum atomic E-state index is 12.9. The number of carbonyl (C=O) groups is 1. The molecule has 0 radical (unpaired) electrons. The number of amides is 1. The molecule has 1 aromatic carbocycles. The predicted octanol–water partition coefficient (Wildman–Crippen LogP) is 2.66. The molecule has 0 bridgehead atoms.